The van der Waals surface area contributed by atoms with Crippen LogP contribution in [0.2, 0.25) is 0 Å². The summed E-state index contributed by atoms with van der Waals surface area (Å²) in [6, 6.07) is 23.6. The number of carbonyl (C=O) groups excluding carboxylic acids is 2. The molecule has 0 heterocycles. The van der Waals surface area contributed by atoms with Crippen molar-refractivity contribution in [3.05, 3.63) is 95.6 Å². The molecule has 5 heteroatoms. The topological polar surface area (TPSA) is 78.4 Å². The van der Waals surface area contributed by atoms with E-state index in [-0.39, 0.29) is 5.91 Å². The first-order valence-electron chi connectivity index (χ1n) is 8.15. The van der Waals surface area contributed by atoms with Crippen molar-refractivity contribution in [3.63, 3.8) is 0 Å². The number of benzene rings is 3. The van der Waals surface area contributed by atoms with E-state index in [4.69, 9.17) is 5.21 Å². The van der Waals surface area contributed by atoms with Gasteiger partial charge in [0.05, 0.1) is 0 Å². The molecule has 0 radical (unpaired) electrons. The molecule has 5 nitrogen and oxygen atoms in total. The molecule has 0 aliphatic carbocycles. The number of nitrogens with one attached hydrogen (secondary N) is 2. The van der Waals surface area contributed by atoms with Gasteiger partial charge in [0.25, 0.3) is 11.8 Å². The summed E-state index contributed by atoms with van der Waals surface area (Å²) < 4.78 is 0. The Labute approximate surface area is 151 Å². The van der Waals surface area contributed by atoms with E-state index in [0.29, 0.717) is 23.2 Å². The molecule has 2 amide bonds. The van der Waals surface area contributed by atoms with Crippen molar-refractivity contribution < 1.29 is 14.8 Å². The Kier molecular flexibility index (Phi) is 5.41. The highest BCUT2D eigenvalue weighted by Crippen LogP contribution is 2.25. The summed E-state index contributed by atoms with van der Waals surface area (Å²) in [4.78, 5) is 24.1. The minimum Gasteiger partial charge on any atom is -0.348 e. The molecule has 0 spiro atoms. The van der Waals surface area contributed by atoms with Crippen molar-refractivity contribution in [2.45, 2.75) is 6.54 Å². The van der Waals surface area contributed by atoms with Crippen LogP contribution >= 0.6 is 0 Å². The second kappa shape index (κ2) is 8.09. The van der Waals surface area contributed by atoms with E-state index in [1.165, 1.54) is 0 Å². The summed E-state index contributed by atoms with van der Waals surface area (Å²) in [5.74, 6) is -0.743. The van der Waals surface area contributed by atoms with Crippen LogP contribution < -0.4 is 10.8 Å². The molecular formula is C21H18N2O3. The van der Waals surface area contributed by atoms with Gasteiger partial charge in [-0.1, -0.05) is 54.6 Å². The normalized spacial score (nSPS) is 10.2. The molecule has 0 aliphatic heterocycles. The van der Waals surface area contributed by atoms with E-state index >= 15 is 0 Å². The Bertz CT molecular complexity index is 909. The molecule has 0 aromatic heterocycles. The zero-order valence-electron chi connectivity index (χ0n) is 14.0. The molecule has 3 aromatic carbocycles. The van der Waals surface area contributed by atoms with Crippen LogP contribution in [0.4, 0.5) is 0 Å². The molecule has 3 N–H and O–H groups in total. The maximum absolute atomic E-state index is 12.2. The van der Waals surface area contributed by atoms with Crippen molar-refractivity contribution in [3.8, 4) is 11.1 Å². The predicted octanol–water partition coefficient (Wildman–Crippen LogP) is 3.40. The van der Waals surface area contributed by atoms with Crippen LogP contribution in [-0.4, -0.2) is 17.0 Å². The lowest BCUT2D eigenvalue weighted by atomic mass is 9.96. The lowest BCUT2D eigenvalue weighted by Crippen LogP contribution is -2.23. The molecule has 0 saturated heterocycles. The molecule has 0 atom stereocenters. The van der Waals surface area contributed by atoms with Gasteiger partial charge in [-0.25, -0.2) is 5.48 Å². The molecule has 0 saturated carbocycles. The van der Waals surface area contributed by atoms with Gasteiger partial charge in [0, 0.05) is 17.7 Å². The summed E-state index contributed by atoms with van der Waals surface area (Å²) in [6.45, 7) is 0.328. The van der Waals surface area contributed by atoms with Gasteiger partial charge in [-0.2, -0.15) is 0 Å². The number of hydrogen-bond donors (Lipinski definition) is 3. The molecule has 130 valence electrons. The first-order valence-corrected chi connectivity index (χ1v) is 8.15. The number of hydroxylamine groups is 1. The third-order valence-electron chi connectivity index (χ3n) is 4.00. The smallest absolute Gasteiger partial charge is 0.275 e. The molecular weight excluding hydrogens is 328 g/mol. The van der Waals surface area contributed by atoms with Gasteiger partial charge in [0.2, 0.25) is 0 Å². The highest BCUT2D eigenvalue weighted by Gasteiger charge is 2.13. The number of amides is 2. The zero-order chi connectivity index (χ0) is 18.4. The largest absolute Gasteiger partial charge is 0.348 e. The minimum atomic E-state index is -0.580. The highest BCUT2D eigenvalue weighted by molar-refractivity contribution is 6.00. The van der Waals surface area contributed by atoms with Gasteiger partial charge >= 0.3 is 0 Å². The summed E-state index contributed by atoms with van der Waals surface area (Å²) in [5, 5.41) is 11.8. The maximum Gasteiger partial charge on any atom is 0.275 e. The summed E-state index contributed by atoms with van der Waals surface area (Å²) in [6.07, 6.45) is 0. The third-order valence-corrected chi connectivity index (χ3v) is 4.00. The Balaban J connectivity index is 1.85. The van der Waals surface area contributed by atoms with Crippen molar-refractivity contribution >= 4 is 11.8 Å². The van der Waals surface area contributed by atoms with Crippen molar-refractivity contribution in [2.24, 2.45) is 0 Å². The molecule has 3 rings (SSSR count). The summed E-state index contributed by atoms with van der Waals surface area (Å²) >= 11 is 0. The second-order valence-corrected chi connectivity index (χ2v) is 5.74. The van der Waals surface area contributed by atoms with E-state index in [1.807, 2.05) is 54.6 Å². The van der Waals surface area contributed by atoms with Crippen molar-refractivity contribution in [1.82, 2.24) is 10.8 Å². The molecule has 0 aliphatic rings. The SMILES string of the molecule is O=C(NCc1ccc(C(=O)NO)c(-c2ccccc2)c1)c1ccccc1. The first kappa shape index (κ1) is 17.4. The van der Waals surface area contributed by atoms with Crippen molar-refractivity contribution in [1.29, 1.82) is 0 Å². The monoisotopic (exact) mass is 346 g/mol. The molecule has 0 fully saturated rings. The van der Waals surface area contributed by atoms with E-state index < -0.39 is 5.91 Å². The molecule has 0 bridgehead atoms. The molecule has 26 heavy (non-hydrogen) atoms. The zero-order valence-corrected chi connectivity index (χ0v) is 14.0. The van der Waals surface area contributed by atoms with Crippen LogP contribution in [0.25, 0.3) is 11.1 Å². The Morgan fingerprint density at radius 1 is 0.808 bits per heavy atom. The third kappa shape index (κ3) is 3.96. The van der Waals surface area contributed by atoms with Crippen LogP contribution in [0.15, 0.2) is 78.9 Å². The van der Waals surface area contributed by atoms with Crippen LogP contribution in [0.5, 0.6) is 0 Å². The fourth-order valence-electron chi connectivity index (χ4n) is 2.69. The number of carbonyl (C=O) groups is 2. The predicted molar refractivity (Wildman–Crippen MR) is 98.7 cm³/mol. The Hall–Kier alpha value is -3.44. The minimum absolute atomic E-state index is 0.163. The quantitative estimate of drug-likeness (QED) is 0.489. The van der Waals surface area contributed by atoms with Gasteiger partial charge in [0.1, 0.15) is 0 Å². The number of hydrogen-bond acceptors (Lipinski definition) is 3. The fraction of sp³-hybridized carbons (Fsp3) is 0.0476. The second-order valence-electron chi connectivity index (χ2n) is 5.74. The van der Waals surface area contributed by atoms with E-state index in [1.54, 1.807) is 29.7 Å². The summed E-state index contributed by atoms with van der Waals surface area (Å²) in [5.41, 5.74) is 5.00. The van der Waals surface area contributed by atoms with Gasteiger partial charge in [-0.3, -0.25) is 14.8 Å². The molecule has 0 unspecified atom stereocenters. The molecule has 3 aromatic rings. The van der Waals surface area contributed by atoms with Crippen LogP contribution in [0.3, 0.4) is 0 Å². The highest BCUT2D eigenvalue weighted by atomic mass is 16.5. The van der Waals surface area contributed by atoms with Crippen LogP contribution in [-0.2, 0) is 6.54 Å². The average Bonchev–Trinajstić information content (AvgIpc) is 2.72. The van der Waals surface area contributed by atoms with Crippen molar-refractivity contribution in [2.75, 3.05) is 0 Å². The number of rotatable bonds is 5. The van der Waals surface area contributed by atoms with Crippen LogP contribution in [0.1, 0.15) is 26.3 Å². The lowest BCUT2D eigenvalue weighted by Gasteiger charge is -2.12. The van der Waals surface area contributed by atoms with Gasteiger partial charge in [0.15, 0.2) is 0 Å². The van der Waals surface area contributed by atoms with Gasteiger partial charge in [-0.05, 0) is 41.0 Å². The maximum atomic E-state index is 12.2. The first-order chi connectivity index (χ1) is 12.7. The summed E-state index contributed by atoms with van der Waals surface area (Å²) in [7, 11) is 0. The van der Waals surface area contributed by atoms with E-state index in [9.17, 15) is 9.59 Å². The lowest BCUT2D eigenvalue weighted by molar-refractivity contribution is 0.0707. The average molecular weight is 346 g/mol. The van der Waals surface area contributed by atoms with E-state index in [0.717, 1.165) is 11.1 Å². The van der Waals surface area contributed by atoms with Gasteiger partial charge < -0.3 is 5.32 Å². The van der Waals surface area contributed by atoms with Gasteiger partial charge in [-0.15, -0.1) is 0 Å². The standard InChI is InChI=1S/C21H18N2O3/c24-20(17-9-5-2-6-10-17)22-14-15-11-12-18(21(25)23-26)19(13-15)16-7-3-1-4-8-16/h1-13,26H,14H2,(H,22,24)(H,23,25). The van der Waals surface area contributed by atoms with E-state index in [2.05, 4.69) is 5.32 Å². The fourth-order valence-corrected chi connectivity index (χ4v) is 2.69. The van der Waals surface area contributed by atoms with Crippen LogP contribution in [0, 0.1) is 0 Å². The Morgan fingerprint density at radius 2 is 1.46 bits per heavy atom. The Morgan fingerprint density at radius 3 is 2.12 bits per heavy atom.